The lowest BCUT2D eigenvalue weighted by Crippen LogP contribution is -1.99. The highest BCUT2D eigenvalue weighted by Gasteiger charge is 2.22. The molecule has 0 aliphatic carbocycles. The van der Waals surface area contributed by atoms with E-state index in [1.807, 2.05) is 83.3 Å². The standard InChI is InChI=1S/C51H29N3OS2/c1-3-13-30(14-4-1)49-52-50(31-15-5-2-6-16-31)54-51(53-49)32-25-26-34-38-20-11-21-39(47(38)57-44(34)29-32)35-27-28-36(46-45(35)41-18-7-9-23-42(41)55-46)40-22-12-19-37-33-17-8-10-24-43(33)56-48(37)40/h1-29H. The van der Waals surface area contributed by atoms with Crippen LogP contribution in [0.3, 0.4) is 0 Å². The van der Waals surface area contributed by atoms with Gasteiger partial charge in [-0.3, -0.25) is 0 Å². The summed E-state index contributed by atoms with van der Waals surface area (Å²) in [4.78, 5) is 14.9. The van der Waals surface area contributed by atoms with Crippen LogP contribution in [0.4, 0.5) is 0 Å². The molecule has 8 aromatic carbocycles. The first-order valence-corrected chi connectivity index (χ1v) is 20.6. The van der Waals surface area contributed by atoms with Crippen molar-refractivity contribution in [3.8, 4) is 56.4 Å². The van der Waals surface area contributed by atoms with Crippen molar-refractivity contribution < 1.29 is 4.42 Å². The molecule has 0 bridgehead atoms. The Kier molecular flexibility index (Phi) is 7.24. The fraction of sp³-hybridized carbons (Fsp3) is 0. The second-order valence-corrected chi connectivity index (χ2v) is 16.4. The number of thiophene rings is 2. The van der Waals surface area contributed by atoms with Gasteiger partial charge in [0.05, 0.1) is 0 Å². The van der Waals surface area contributed by atoms with Crippen molar-refractivity contribution in [1.82, 2.24) is 15.0 Å². The van der Waals surface area contributed by atoms with Crippen LogP contribution in [-0.2, 0) is 0 Å². The molecule has 0 aliphatic heterocycles. The summed E-state index contributed by atoms with van der Waals surface area (Å²) < 4.78 is 11.8. The zero-order valence-corrected chi connectivity index (χ0v) is 31.9. The minimum Gasteiger partial charge on any atom is -0.455 e. The maximum absolute atomic E-state index is 6.83. The average molecular weight is 764 g/mol. The van der Waals surface area contributed by atoms with Crippen LogP contribution in [0, 0.1) is 0 Å². The van der Waals surface area contributed by atoms with Crippen molar-refractivity contribution in [2.75, 3.05) is 0 Å². The van der Waals surface area contributed by atoms with Crippen LogP contribution in [0.5, 0.6) is 0 Å². The van der Waals surface area contributed by atoms with E-state index < -0.39 is 0 Å². The number of benzene rings is 8. The number of aromatic nitrogens is 3. The molecule has 4 heterocycles. The molecule has 0 atom stereocenters. The average Bonchev–Trinajstić information content (AvgIpc) is 3.98. The molecule has 0 saturated carbocycles. The summed E-state index contributed by atoms with van der Waals surface area (Å²) in [5.74, 6) is 1.96. The van der Waals surface area contributed by atoms with Gasteiger partial charge in [0.2, 0.25) is 0 Å². The molecule has 57 heavy (non-hydrogen) atoms. The Balaban J connectivity index is 1.04. The van der Waals surface area contributed by atoms with Gasteiger partial charge in [0.1, 0.15) is 11.2 Å². The number of furan rings is 1. The van der Waals surface area contributed by atoms with Gasteiger partial charge in [-0.25, -0.2) is 15.0 Å². The van der Waals surface area contributed by atoms with Crippen molar-refractivity contribution in [1.29, 1.82) is 0 Å². The number of hydrogen-bond donors (Lipinski definition) is 0. The molecule has 6 heteroatoms. The summed E-state index contributed by atoms with van der Waals surface area (Å²) in [6.07, 6.45) is 0. The van der Waals surface area contributed by atoms with E-state index in [9.17, 15) is 0 Å². The molecule has 0 radical (unpaired) electrons. The molecule has 4 nitrogen and oxygen atoms in total. The first kappa shape index (κ1) is 32.3. The smallest absolute Gasteiger partial charge is 0.164 e. The van der Waals surface area contributed by atoms with Gasteiger partial charge < -0.3 is 4.42 Å². The van der Waals surface area contributed by atoms with Crippen molar-refractivity contribution in [2.45, 2.75) is 0 Å². The van der Waals surface area contributed by atoms with E-state index in [0.717, 1.165) is 49.8 Å². The maximum Gasteiger partial charge on any atom is 0.164 e. The third kappa shape index (κ3) is 5.15. The van der Waals surface area contributed by atoms with Crippen molar-refractivity contribution >= 4 is 85.0 Å². The Bertz CT molecular complexity index is 3470. The monoisotopic (exact) mass is 763 g/mol. The van der Waals surface area contributed by atoms with Crippen LogP contribution in [0.25, 0.3) is 119 Å². The predicted molar refractivity (Wildman–Crippen MR) is 240 cm³/mol. The van der Waals surface area contributed by atoms with E-state index in [-0.39, 0.29) is 0 Å². The summed E-state index contributed by atoms with van der Waals surface area (Å²) in [6, 6.07) is 61.9. The van der Waals surface area contributed by atoms with E-state index in [2.05, 4.69) is 115 Å². The van der Waals surface area contributed by atoms with Crippen molar-refractivity contribution in [3.05, 3.63) is 176 Å². The molecule has 0 amide bonds. The molecule has 0 aliphatic rings. The largest absolute Gasteiger partial charge is 0.455 e. The van der Waals surface area contributed by atoms with E-state index in [1.54, 1.807) is 0 Å². The molecule has 266 valence electrons. The van der Waals surface area contributed by atoms with E-state index >= 15 is 0 Å². The maximum atomic E-state index is 6.83. The minimum absolute atomic E-state index is 0.651. The van der Waals surface area contributed by atoms with Gasteiger partial charge in [-0.2, -0.15) is 0 Å². The van der Waals surface area contributed by atoms with Crippen LogP contribution in [0.2, 0.25) is 0 Å². The van der Waals surface area contributed by atoms with Crippen LogP contribution in [0.1, 0.15) is 0 Å². The third-order valence-electron chi connectivity index (χ3n) is 11.0. The SMILES string of the molecule is c1ccc(-c2nc(-c3ccccc3)nc(-c3ccc4c(c3)sc3c(-c5ccc(-c6cccc7c6sc6ccccc67)c6oc7ccccc7c56)cccc34)n2)cc1. The van der Waals surface area contributed by atoms with Gasteiger partial charge in [-0.1, -0.05) is 152 Å². The molecule has 0 saturated heterocycles. The molecule has 0 unspecified atom stereocenters. The summed E-state index contributed by atoms with van der Waals surface area (Å²) in [6.45, 7) is 0. The fourth-order valence-electron chi connectivity index (χ4n) is 8.31. The van der Waals surface area contributed by atoms with Gasteiger partial charge in [0, 0.05) is 84.5 Å². The zero-order chi connectivity index (χ0) is 37.5. The lowest BCUT2D eigenvalue weighted by molar-refractivity contribution is 0.670. The van der Waals surface area contributed by atoms with Crippen molar-refractivity contribution in [3.63, 3.8) is 0 Å². The van der Waals surface area contributed by atoms with Crippen LogP contribution >= 0.6 is 22.7 Å². The molecule has 0 fully saturated rings. The quantitative estimate of drug-likeness (QED) is 0.175. The Labute approximate surface area is 335 Å². The van der Waals surface area contributed by atoms with Gasteiger partial charge >= 0.3 is 0 Å². The Morgan fingerprint density at radius 1 is 0.351 bits per heavy atom. The lowest BCUT2D eigenvalue weighted by atomic mass is 9.93. The van der Waals surface area contributed by atoms with E-state index in [1.165, 1.54) is 51.5 Å². The predicted octanol–water partition coefficient (Wildman–Crippen LogP) is 14.8. The lowest BCUT2D eigenvalue weighted by Gasteiger charge is -2.10. The van der Waals surface area contributed by atoms with E-state index in [0.29, 0.717) is 17.5 Å². The zero-order valence-electron chi connectivity index (χ0n) is 30.3. The number of para-hydroxylation sites is 1. The van der Waals surface area contributed by atoms with Gasteiger partial charge in [-0.15, -0.1) is 22.7 Å². The van der Waals surface area contributed by atoms with Gasteiger partial charge in [0.15, 0.2) is 17.5 Å². The minimum atomic E-state index is 0.651. The first-order valence-electron chi connectivity index (χ1n) is 18.9. The van der Waals surface area contributed by atoms with Crippen LogP contribution < -0.4 is 0 Å². The first-order chi connectivity index (χ1) is 28.2. The Morgan fingerprint density at radius 3 is 1.58 bits per heavy atom. The molecule has 12 aromatic rings. The molecule has 0 spiro atoms. The van der Waals surface area contributed by atoms with Gasteiger partial charge in [-0.05, 0) is 29.8 Å². The normalized spacial score (nSPS) is 11.9. The molecular formula is C51H29N3OS2. The molecule has 4 aromatic heterocycles. The molecular weight excluding hydrogens is 735 g/mol. The highest BCUT2D eigenvalue weighted by Crippen LogP contribution is 2.48. The van der Waals surface area contributed by atoms with Crippen molar-refractivity contribution in [2.24, 2.45) is 0 Å². The number of fused-ring (bicyclic) bond motifs is 9. The summed E-state index contributed by atoms with van der Waals surface area (Å²) in [5.41, 5.74) is 9.32. The molecule has 0 N–H and O–H groups in total. The highest BCUT2D eigenvalue weighted by molar-refractivity contribution is 7.26. The number of nitrogens with zero attached hydrogens (tertiary/aromatic N) is 3. The fourth-order valence-corrected chi connectivity index (χ4v) is 10.8. The number of hydrogen-bond acceptors (Lipinski definition) is 6. The summed E-state index contributed by atoms with van der Waals surface area (Å²) in [7, 11) is 0. The van der Waals surface area contributed by atoms with Gasteiger partial charge in [0.25, 0.3) is 0 Å². The van der Waals surface area contributed by atoms with Crippen LogP contribution in [0.15, 0.2) is 180 Å². The summed E-state index contributed by atoms with van der Waals surface area (Å²) >= 11 is 3.66. The van der Waals surface area contributed by atoms with Crippen LogP contribution in [-0.4, -0.2) is 15.0 Å². The second-order valence-electron chi connectivity index (χ2n) is 14.3. The Morgan fingerprint density at radius 2 is 0.877 bits per heavy atom. The highest BCUT2D eigenvalue weighted by atomic mass is 32.1. The topological polar surface area (TPSA) is 51.8 Å². The number of rotatable bonds is 5. The molecule has 12 rings (SSSR count). The summed E-state index contributed by atoms with van der Waals surface area (Å²) in [5, 5.41) is 7.26. The second kappa shape index (κ2) is 12.8. The van der Waals surface area contributed by atoms with E-state index in [4.69, 9.17) is 19.4 Å². The third-order valence-corrected chi connectivity index (χ3v) is 13.4. The Hall–Kier alpha value is -6.99.